The Morgan fingerprint density at radius 2 is 1.80 bits per heavy atom. The van der Waals surface area contributed by atoms with Crippen molar-refractivity contribution in [2.75, 3.05) is 12.3 Å². The fourth-order valence-electron chi connectivity index (χ4n) is 2.00. The molecule has 2 N–H and O–H groups in total. The third-order valence-corrected chi connectivity index (χ3v) is 3.84. The molecule has 5 heteroatoms. The number of hydrogen-bond donors (Lipinski definition) is 1. The molecule has 0 aliphatic heterocycles. The zero-order chi connectivity index (χ0) is 15.3. The predicted molar refractivity (Wildman–Crippen MR) is 86.6 cm³/mol. The van der Waals surface area contributed by atoms with Crippen molar-refractivity contribution in [3.63, 3.8) is 0 Å². The monoisotopic (exact) mass is 316 g/mol. The largest absolute Gasteiger partial charge is 0.396 e. The summed E-state index contributed by atoms with van der Waals surface area (Å²) in [5.41, 5.74) is 6.49. The zero-order valence-electron chi connectivity index (χ0n) is 12.2. The van der Waals surface area contributed by atoms with E-state index in [1.165, 1.54) is 0 Å². The quantitative estimate of drug-likeness (QED) is 0.615. The SMILES string of the molecule is CCCCCN(C(=O)c1cc(Cl)c(N)c(Cl)c1)C(C)C. The summed E-state index contributed by atoms with van der Waals surface area (Å²) in [6, 6.07) is 3.30. The Morgan fingerprint density at radius 1 is 1.25 bits per heavy atom. The normalized spacial score (nSPS) is 10.9. The minimum atomic E-state index is -0.0556. The standard InChI is InChI=1S/C15H22Cl2N2O/c1-4-5-6-7-19(10(2)3)15(20)11-8-12(16)14(18)13(17)9-11/h8-10H,4-7,18H2,1-3H3. The number of nitrogens with two attached hydrogens (primary N) is 1. The number of hydrogen-bond acceptors (Lipinski definition) is 2. The van der Waals surface area contributed by atoms with E-state index >= 15 is 0 Å². The number of carbonyl (C=O) groups is 1. The zero-order valence-corrected chi connectivity index (χ0v) is 13.8. The number of carbonyl (C=O) groups excluding carboxylic acids is 1. The smallest absolute Gasteiger partial charge is 0.254 e. The minimum absolute atomic E-state index is 0.0556. The van der Waals surface area contributed by atoms with Gasteiger partial charge in [-0.3, -0.25) is 4.79 Å². The summed E-state index contributed by atoms with van der Waals surface area (Å²) >= 11 is 12.0. The molecule has 0 saturated carbocycles. The molecule has 1 amide bonds. The fourth-order valence-corrected chi connectivity index (χ4v) is 2.49. The van der Waals surface area contributed by atoms with E-state index in [1.807, 2.05) is 18.7 Å². The lowest BCUT2D eigenvalue weighted by Crippen LogP contribution is -2.37. The number of rotatable bonds is 6. The van der Waals surface area contributed by atoms with Crippen LogP contribution in [-0.4, -0.2) is 23.4 Å². The Balaban J connectivity index is 2.94. The molecule has 1 aromatic carbocycles. The number of amides is 1. The maximum atomic E-state index is 12.6. The van der Waals surface area contributed by atoms with Crippen molar-refractivity contribution in [3.05, 3.63) is 27.7 Å². The van der Waals surface area contributed by atoms with Crippen LogP contribution in [0.3, 0.4) is 0 Å². The molecule has 0 heterocycles. The predicted octanol–water partition coefficient (Wildman–Crippen LogP) is 4.62. The highest BCUT2D eigenvalue weighted by atomic mass is 35.5. The fraction of sp³-hybridized carbons (Fsp3) is 0.533. The van der Waals surface area contributed by atoms with Gasteiger partial charge in [0.25, 0.3) is 5.91 Å². The van der Waals surface area contributed by atoms with Crippen molar-refractivity contribution >= 4 is 34.8 Å². The summed E-state index contributed by atoms with van der Waals surface area (Å²) in [4.78, 5) is 14.4. The van der Waals surface area contributed by atoms with E-state index in [0.717, 1.165) is 25.8 Å². The Bertz CT molecular complexity index is 452. The second-order valence-corrected chi connectivity index (χ2v) is 5.97. The molecular weight excluding hydrogens is 295 g/mol. The van der Waals surface area contributed by atoms with E-state index in [9.17, 15) is 4.79 Å². The number of nitrogen functional groups attached to an aromatic ring is 1. The number of halogens is 2. The molecule has 0 spiro atoms. The first kappa shape index (κ1) is 17.1. The third kappa shape index (κ3) is 4.29. The Labute approximate surface area is 131 Å². The van der Waals surface area contributed by atoms with Gasteiger partial charge in [-0.25, -0.2) is 0 Å². The summed E-state index contributed by atoms with van der Waals surface area (Å²) in [6.07, 6.45) is 3.23. The minimum Gasteiger partial charge on any atom is -0.396 e. The van der Waals surface area contributed by atoms with Crippen LogP contribution in [0.5, 0.6) is 0 Å². The molecular formula is C15H22Cl2N2O. The first-order chi connectivity index (χ1) is 9.38. The molecule has 3 nitrogen and oxygen atoms in total. The van der Waals surface area contributed by atoms with Gasteiger partial charge < -0.3 is 10.6 Å². The van der Waals surface area contributed by atoms with Crippen molar-refractivity contribution in [2.45, 2.75) is 46.1 Å². The van der Waals surface area contributed by atoms with Crippen molar-refractivity contribution < 1.29 is 4.79 Å². The van der Waals surface area contributed by atoms with E-state index in [-0.39, 0.29) is 11.9 Å². The topological polar surface area (TPSA) is 46.3 Å². The molecule has 112 valence electrons. The average Bonchev–Trinajstić information content (AvgIpc) is 2.39. The molecule has 0 bridgehead atoms. The molecule has 0 atom stereocenters. The summed E-state index contributed by atoms with van der Waals surface area (Å²) in [5.74, 6) is -0.0556. The first-order valence-corrected chi connectivity index (χ1v) is 7.69. The Hall–Kier alpha value is -0.930. The van der Waals surface area contributed by atoms with Crippen molar-refractivity contribution in [2.24, 2.45) is 0 Å². The van der Waals surface area contributed by atoms with Gasteiger partial charge in [0, 0.05) is 18.2 Å². The summed E-state index contributed by atoms with van der Waals surface area (Å²) in [7, 11) is 0. The van der Waals surface area contributed by atoms with Gasteiger partial charge in [0.1, 0.15) is 0 Å². The molecule has 0 radical (unpaired) electrons. The number of unbranched alkanes of at least 4 members (excludes halogenated alkanes) is 2. The maximum Gasteiger partial charge on any atom is 0.254 e. The Kier molecular flexibility index (Phi) is 6.63. The molecule has 0 fully saturated rings. The second-order valence-electron chi connectivity index (χ2n) is 5.15. The lowest BCUT2D eigenvalue weighted by atomic mass is 10.1. The van der Waals surface area contributed by atoms with E-state index < -0.39 is 0 Å². The molecule has 0 aromatic heterocycles. The molecule has 1 aromatic rings. The number of anilines is 1. The van der Waals surface area contributed by atoms with Crippen LogP contribution < -0.4 is 5.73 Å². The number of benzene rings is 1. The van der Waals surface area contributed by atoms with E-state index in [4.69, 9.17) is 28.9 Å². The Morgan fingerprint density at radius 3 is 2.25 bits per heavy atom. The molecule has 20 heavy (non-hydrogen) atoms. The van der Waals surface area contributed by atoms with Crippen LogP contribution in [0.1, 0.15) is 50.4 Å². The molecule has 0 unspecified atom stereocenters. The average molecular weight is 317 g/mol. The van der Waals surface area contributed by atoms with Gasteiger partial charge in [-0.15, -0.1) is 0 Å². The molecule has 0 aliphatic rings. The van der Waals surface area contributed by atoms with Gasteiger partial charge in [-0.2, -0.15) is 0 Å². The van der Waals surface area contributed by atoms with E-state index in [2.05, 4.69) is 6.92 Å². The molecule has 1 rings (SSSR count). The van der Waals surface area contributed by atoms with E-state index in [0.29, 0.717) is 21.3 Å². The molecule has 0 saturated heterocycles. The summed E-state index contributed by atoms with van der Waals surface area (Å²) < 4.78 is 0. The van der Waals surface area contributed by atoms with Crippen molar-refractivity contribution in [1.82, 2.24) is 4.90 Å². The summed E-state index contributed by atoms with van der Waals surface area (Å²) in [6.45, 7) is 6.89. The lowest BCUT2D eigenvalue weighted by molar-refractivity contribution is 0.0702. The van der Waals surface area contributed by atoms with Crippen LogP contribution in [0.2, 0.25) is 10.0 Å². The highest BCUT2D eigenvalue weighted by Gasteiger charge is 2.20. The maximum absolute atomic E-state index is 12.6. The van der Waals surface area contributed by atoms with Crippen molar-refractivity contribution in [3.8, 4) is 0 Å². The van der Waals surface area contributed by atoms with Crippen molar-refractivity contribution in [1.29, 1.82) is 0 Å². The highest BCUT2D eigenvalue weighted by Crippen LogP contribution is 2.29. The summed E-state index contributed by atoms with van der Waals surface area (Å²) in [5, 5.41) is 0.635. The van der Waals surface area contributed by atoms with Gasteiger partial charge in [0.15, 0.2) is 0 Å². The van der Waals surface area contributed by atoms with Crippen LogP contribution in [0, 0.1) is 0 Å². The van der Waals surface area contributed by atoms with Gasteiger partial charge in [-0.05, 0) is 32.4 Å². The van der Waals surface area contributed by atoms with Crippen LogP contribution >= 0.6 is 23.2 Å². The highest BCUT2D eigenvalue weighted by molar-refractivity contribution is 6.39. The van der Waals surface area contributed by atoms with Gasteiger partial charge in [0.05, 0.1) is 15.7 Å². The van der Waals surface area contributed by atoms with Gasteiger partial charge in [0.2, 0.25) is 0 Å². The van der Waals surface area contributed by atoms with Crippen LogP contribution in [0.15, 0.2) is 12.1 Å². The lowest BCUT2D eigenvalue weighted by Gasteiger charge is -2.27. The van der Waals surface area contributed by atoms with Crippen LogP contribution in [0.25, 0.3) is 0 Å². The van der Waals surface area contributed by atoms with Crippen LogP contribution in [-0.2, 0) is 0 Å². The second kappa shape index (κ2) is 7.75. The first-order valence-electron chi connectivity index (χ1n) is 6.94. The number of nitrogens with zero attached hydrogens (tertiary/aromatic N) is 1. The molecule has 0 aliphatic carbocycles. The van der Waals surface area contributed by atoms with Gasteiger partial charge >= 0.3 is 0 Å². The van der Waals surface area contributed by atoms with Gasteiger partial charge in [-0.1, -0.05) is 43.0 Å². The third-order valence-electron chi connectivity index (χ3n) is 3.21. The van der Waals surface area contributed by atoms with E-state index in [1.54, 1.807) is 12.1 Å². The van der Waals surface area contributed by atoms with Crippen LogP contribution in [0.4, 0.5) is 5.69 Å².